The van der Waals surface area contributed by atoms with Crippen LogP contribution >= 0.6 is 0 Å². The molecule has 1 saturated carbocycles. The molecule has 1 saturated heterocycles. The number of anilines is 1. The lowest BCUT2D eigenvalue weighted by molar-refractivity contribution is 0.480. The van der Waals surface area contributed by atoms with Crippen LogP contribution in [0.1, 0.15) is 47.1 Å². The Morgan fingerprint density at radius 2 is 1.57 bits per heavy atom. The molecule has 2 aliphatic rings. The number of hydrogen-bond donors (Lipinski definition) is 0. The topological polar surface area (TPSA) is 27.0 Å². The third-order valence-electron chi connectivity index (χ3n) is 4.40. The number of para-hydroxylation sites is 1. The highest BCUT2D eigenvalue weighted by Crippen LogP contribution is 2.56. The van der Waals surface area contributed by atoms with Crippen molar-refractivity contribution in [3.8, 4) is 6.07 Å². The average molecular weight is 286 g/mol. The molecule has 1 aromatic carbocycles. The molecule has 2 heteroatoms. The molecule has 0 bridgehead atoms. The lowest BCUT2D eigenvalue weighted by atomic mass is 10.0. The van der Waals surface area contributed by atoms with Crippen LogP contribution in [0.2, 0.25) is 0 Å². The minimum absolute atomic E-state index is 0.815. The Morgan fingerprint density at radius 1 is 1.05 bits per heavy atom. The molecular weight excluding hydrogens is 256 g/mol. The van der Waals surface area contributed by atoms with E-state index < -0.39 is 0 Å². The lowest BCUT2D eigenvalue weighted by Gasteiger charge is -2.23. The molecule has 1 heterocycles. The summed E-state index contributed by atoms with van der Waals surface area (Å²) < 4.78 is 0. The molecule has 21 heavy (non-hydrogen) atoms. The average Bonchev–Trinajstić information content (AvgIpc) is 3.07. The lowest BCUT2D eigenvalue weighted by Crippen LogP contribution is -2.25. The van der Waals surface area contributed by atoms with Gasteiger partial charge in [-0.25, -0.2) is 0 Å². The Hall–Kier alpha value is -1.49. The van der Waals surface area contributed by atoms with Gasteiger partial charge in [0.05, 0.1) is 11.3 Å². The van der Waals surface area contributed by atoms with Gasteiger partial charge in [-0.2, -0.15) is 5.26 Å². The first-order valence-electron chi connectivity index (χ1n) is 8.46. The van der Waals surface area contributed by atoms with Crippen LogP contribution in [0.3, 0.4) is 0 Å². The van der Waals surface area contributed by atoms with Crippen molar-refractivity contribution >= 4 is 5.69 Å². The molecule has 116 valence electrons. The van der Waals surface area contributed by atoms with Crippen LogP contribution in [0.25, 0.3) is 0 Å². The molecule has 3 rings (SSSR count). The predicted octanol–water partition coefficient (Wildman–Crippen LogP) is 4.95. The molecule has 0 amide bonds. The molecular formula is C19H30N2. The van der Waals surface area contributed by atoms with Crippen molar-refractivity contribution in [2.75, 3.05) is 18.0 Å². The first kappa shape index (κ1) is 17.6. The van der Waals surface area contributed by atoms with Gasteiger partial charge in [0, 0.05) is 13.1 Å². The highest BCUT2D eigenvalue weighted by molar-refractivity contribution is 5.60. The third kappa shape index (κ3) is 3.59. The SMILES string of the molecule is CC.CC.CC(C)C1C2CN(c3ccccc3C#N)CC21. The van der Waals surface area contributed by atoms with Crippen molar-refractivity contribution in [2.45, 2.75) is 41.5 Å². The Balaban J connectivity index is 0.000000510. The maximum Gasteiger partial charge on any atom is 0.101 e. The van der Waals surface area contributed by atoms with E-state index in [1.807, 2.05) is 45.9 Å². The molecule has 0 spiro atoms. The maximum atomic E-state index is 9.12. The van der Waals surface area contributed by atoms with Crippen LogP contribution in [-0.2, 0) is 0 Å². The Morgan fingerprint density at radius 3 is 2.05 bits per heavy atom. The molecule has 2 nitrogen and oxygen atoms in total. The van der Waals surface area contributed by atoms with E-state index >= 15 is 0 Å². The van der Waals surface area contributed by atoms with Crippen molar-refractivity contribution in [3.63, 3.8) is 0 Å². The number of fused-ring (bicyclic) bond motifs is 1. The van der Waals surface area contributed by atoms with Gasteiger partial charge in [-0.1, -0.05) is 53.7 Å². The fourth-order valence-corrected chi connectivity index (χ4v) is 3.60. The Kier molecular flexibility index (Phi) is 6.75. The summed E-state index contributed by atoms with van der Waals surface area (Å²) in [5.74, 6) is 3.50. The van der Waals surface area contributed by atoms with E-state index in [1.54, 1.807) is 0 Å². The molecule has 2 fully saturated rings. The number of hydrogen-bond acceptors (Lipinski definition) is 2. The summed E-state index contributed by atoms with van der Waals surface area (Å²) in [7, 11) is 0. The zero-order chi connectivity index (χ0) is 16.0. The van der Waals surface area contributed by atoms with E-state index in [1.165, 1.54) is 0 Å². The van der Waals surface area contributed by atoms with Crippen LogP contribution in [0.15, 0.2) is 24.3 Å². The summed E-state index contributed by atoms with van der Waals surface area (Å²) >= 11 is 0. The van der Waals surface area contributed by atoms with Crippen molar-refractivity contribution in [1.29, 1.82) is 5.26 Å². The van der Waals surface area contributed by atoms with Crippen LogP contribution in [-0.4, -0.2) is 13.1 Å². The van der Waals surface area contributed by atoms with E-state index in [4.69, 9.17) is 5.26 Å². The van der Waals surface area contributed by atoms with Gasteiger partial charge < -0.3 is 4.90 Å². The second-order valence-corrected chi connectivity index (χ2v) is 5.68. The quantitative estimate of drug-likeness (QED) is 0.769. The Bertz CT molecular complexity index is 461. The highest BCUT2D eigenvalue weighted by atomic mass is 15.2. The predicted molar refractivity (Wildman–Crippen MR) is 91.4 cm³/mol. The van der Waals surface area contributed by atoms with Gasteiger partial charge in [0.15, 0.2) is 0 Å². The second kappa shape index (κ2) is 8.08. The zero-order valence-electron chi connectivity index (χ0n) is 14.4. The van der Waals surface area contributed by atoms with Crippen molar-refractivity contribution < 1.29 is 0 Å². The van der Waals surface area contributed by atoms with Crippen LogP contribution in [0, 0.1) is 35.0 Å². The monoisotopic (exact) mass is 286 g/mol. The normalized spacial score (nSPS) is 25.0. The molecule has 1 aliphatic carbocycles. The van der Waals surface area contributed by atoms with E-state index in [-0.39, 0.29) is 0 Å². The number of nitrogens with zero attached hydrogens (tertiary/aromatic N) is 2. The summed E-state index contributed by atoms with van der Waals surface area (Å²) in [5, 5.41) is 9.12. The highest BCUT2D eigenvalue weighted by Gasteiger charge is 2.56. The van der Waals surface area contributed by atoms with E-state index in [0.717, 1.165) is 48.0 Å². The largest absolute Gasteiger partial charge is 0.370 e. The molecule has 0 aromatic heterocycles. The summed E-state index contributed by atoms with van der Waals surface area (Å²) in [5.41, 5.74) is 1.94. The number of nitriles is 1. The van der Waals surface area contributed by atoms with E-state index in [0.29, 0.717) is 0 Å². The van der Waals surface area contributed by atoms with Crippen molar-refractivity contribution in [3.05, 3.63) is 29.8 Å². The van der Waals surface area contributed by atoms with Gasteiger partial charge in [-0.15, -0.1) is 0 Å². The zero-order valence-corrected chi connectivity index (χ0v) is 14.4. The molecule has 1 aliphatic heterocycles. The van der Waals surface area contributed by atoms with Crippen molar-refractivity contribution in [2.24, 2.45) is 23.7 Å². The third-order valence-corrected chi connectivity index (χ3v) is 4.40. The maximum absolute atomic E-state index is 9.12. The first-order chi connectivity index (χ1) is 10.2. The summed E-state index contributed by atoms with van der Waals surface area (Å²) in [4.78, 5) is 2.40. The van der Waals surface area contributed by atoms with Gasteiger partial charge in [0.1, 0.15) is 6.07 Å². The second-order valence-electron chi connectivity index (χ2n) is 5.68. The van der Waals surface area contributed by atoms with Gasteiger partial charge in [-0.3, -0.25) is 0 Å². The van der Waals surface area contributed by atoms with Gasteiger partial charge in [-0.05, 0) is 35.8 Å². The minimum Gasteiger partial charge on any atom is -0.370 e. The number of piperidine rings is 1. The van der Waals surface area contributed by atoms with E-state index in [9.17, 15) is 0 Å². The summed E-state index contributed by atoms with van der Waals surface area (Å²) in [6, 6.07) is 10.3. The smallest absolute Gasteiger partial charge is 0.101 e. The molecule has 2 unspecified atom stereocenters. The fraction of sp³-hybridized carbons (Fsp3) is 0.632. The molecule has 0 radical (unpaired) electrons. The minimum atomic E-state index is 0.815. The van der Waals surface area contributed by atoms with Crippen molar-refractivity contribution in [1.82, 2.24) is 0 Å². The van der Waals surface area contributed by atoms with E-state index in [2.05, 4.69) is 30.9 Å². The summed E-state index contributed by atoms with van der Waals surface area (Å²) in [6.45, 7) is 14.9. The summed E-state index contributed by atoms with van der Waals surface area (Å²) in [6.07, 6.45) is 0. The van der Waals surface area contributed by atoms with Crippen LogP contribution in [0.5, 0.6) is 0 Å². The molecule has 0 N–H and O–H groups in total. The van der Waals surface area contributed by atoms with Gasteiger partial charge in [0.2, 0.25) is 0 Å². The first-order valence-corrected chi connectivity index (χ1v) is 8.46. The van der Waals surface area contributed by atoms with Crippen LogP contribution < -0.4 is 4.90 Å². The number of rotatable bonds is 2. The molecule has 2 atom stereocenters. The standard InChI is InChI=1S/C15H18N2.2C2H6/c1-10(2)15-12-8-17(9-13(12)15)14-6-4-3-5-11(14)7-16;2*1-2/h3-6,10,12-13,15H,8-9H2,1-2H3;2*1-2H3. The van der Waals surface area contributed by atoms with Gasteiger partial charge >= 0.3 is 0 Å². The van der Waals surface area contributed by atoms with Gasteiger partial charge in [0.25, 0.3) is 0 Å². The Labute approximate surface area is 130 Å². The van der Waals surface area contributed by atoms with Crippen LogP contribution in [0.4, 0.5) is 5.69 Å². The molecule has 1 aromatic rings. The fourth-order valence-electron chi connectivity index (χ4n) is 3.60. The number of benzene rings is 1.